The van der Waals surface area contributed by atoms with Gasteiger partial charge in [-0.15, -0.1) is 0 Å². The van der Waals surface area contributed by atoms with Crippen LogP contribution in [0.3, 0.4) is 0 Å². The number of hydrogen-bond donors (Lipinski definition) is 2. The van der Waals surface area contributed by atoms with E-state index in [1.165, 1.54) is 46.3 Å². The first-order valence-corrected chi connectivity index (χ1v) is 6.90. The molecule has 122 valence electrons. The largest absolute Gasteiger partial charge is 0.543 e. The third-order valence-electron chi connectivity index (χ3n) is 3.54. The molecule has 0 aliphatic rings. The van der Waals surface area contributed by atoms with Gasteiger partial charge >= 0.3 is 0 Å². The van der Waals surface area contributed by atoms with E-state index in [2.05, 4.69) is 15.0 Å². The van der Waals surface area contributed by atoms with Crippen LogP contribution in [-0.2, 0) is 11.3 Å². The Morgan fingerprint density at radius 3 is 2.83 bits per heavy atom. The normalized spacial score (nSPS) is 12.2. The summed E-state index contributed by atoms with van der Waals surface area (Å²) in [7, 11) is 0. The molecule has 0 bridgehead atoms. The second kappa shape index (κ2) is 5.91. The predicted octanol–water partition coefficient (Wildman–Crippen LogP) is -2.21. The lowest BCUT2D eigenvalue weighted by Gasteiger charge is -2.14. The Morgan fingerprint density at radius 1 is 1.33 bits per heavy atom. The minimum absolute atomic E-state index is 0.0256. The van der Waals surface area contributed by atoms with E-state index in [9.17, 15) is 14.7 Å². The van der Waals surface area contributed by atoms with Crippen molar-refractivity contribution in [2.45, 2.75) is 12.6 Å². The molecule has 0 fully saturated rings. The molecule has 1 unspecified atom stereocenters. The van der Waals surface area contributed by atoms with Gasteiger partial charge in [-0.3, -0.25) is 4.79 Å². The van der Waals surface area contributed by atoms with Crippen LogP contribution in [0.1, 0.15) is 16.4 Å². The fourth-order valence-corrected chi connectivity index (χ4v) is 2.34. The number of carbonyl (C=O) groups is 2. The highest BCUT2D eigenvalue weighted by molar-refractivity contribution is 5.92. The molecule has 0 aromatic carbocycles. The molecule has 0 aliphatic heterocycles. The van der Waals surface area contributed by atoms with Gasteiger partial charge < -0.3 is 25.9 Å². The van der Waals surface area contributed by atoms with Crippen molar-refractivity contribution in [2.75, 3.05) is 5.73 Å². The summed E-state index contributed by atoms with van der Waals surface area (Å²) in [5.74, 6) is -1.78. The van der Waals surface area contributed by atoms with Crippen molar-refractivity contribution < 1.29 is 19.3 Å². The lowest BCUT2D eigenvalue weighted by Crippen LogP contribution is -2.51. The molecule has 4 N–H and O–H groups in total. The first kappa shape index (κ1) is 15.3. The van der Waals surface area contributed by atoms with E-state index in [-0.39, 0.29) is 17.9 Å². The summed E-state index contributed by atoms with van der Waals surface area (Å²) in [6, 6.07) is 1.92. The summed E-state index contributed by atoms with van der Waals surface area (Å²) in [5.41, 5.74) is 11.9. The number of aromatic nitrogens is 5. The number of nitrogen functional groups attached to an aromatic ring is 1. The first-order chi connectivity index (χ1) is 11.5. The first-order valence-electron chi connectivity index (χ1n) is 6.90. The molecule has 0 aliphatic carbocycles. The zero-order valence-electron chi connectivity index (χ0n) is 12.4. The van der Waals surface area contributed by atoms with Crippen LogP contribution in [0.15, 0.2) is 37.2 Å². The Morgan fingerprint density at radius 2 is 2.12 bits per heavy atom. The molecule has 24 heavy (non-hydrogen) atoms. The molecule has 3 aromatic heterocycles. The zero-order valence-corrected chi connectivity index (χ0v) is 12.4. The molecule has 10 heteroatoms. The van der Waals surface area contributed by atoms with Gasteiger partial charge in [-0.25, -0.2) is 15.0 Å². The molecular weight excluding hydrogens is 314 g/mol. The van der Waals surface area contributed by atoms with Gasteiger partial charge in [0.1, 0.15) is 23.4 Å². The summed E-state index contributed by atoms with van der Waals surface area (Å²) in [4.78, 5) is 34.8. The van der Waals surface area contributed by atoms with Crippen molar-refractivity contribution in [3.63, 3.8) is 0 Å². The van der Waals surface area contributed by atoms with Crippen molar-refractivity contribution >= 4 is 28.9 Å². The van der Waals surface area contributed by atoms with Crippen molar-refractivity contribution in [3.8, 4) is 0 Å². The third kappa shape index (κ3) is 2.72. The van der Waals surface area contributed by atoms with Gasteiger partial charge in [0.15, 0.2) is 23.9 Å². The minimum atomic E-state index is -1.33. The fraction of sp³-hybridized carbons (Fsp3) is 0.143. The number of amides is 1. The summed E-state index contributed by atoms with van der Waals surface area (Å²) in [6.45, 7) is -0.0256. The van der Waals surface area contributed by atoms with Crippen LogP contribution in [-0.4, -0.2) is 31.4 Å². The molecule has 3 aromatic rings. The van der Waals surface area contributed by atoms with Crippen LogP contribution in [0.5, 0.6) is 0 Å². The number of hydrogen-bond acceptors (Lipinski definition) is 7. The van der Waals surface area contributed by atoms with Gasteiger partial charge in [-0.1, -0.05) is 0 Å². The van der Waals surface area contributed by atoms with Crippen molar-refractivity contribution in [1.29, 1.82) is 0 Å². The Hall–Kier alpha value is -3.56. The van der Waals surface area contributed by atoms with E-state index >= 15 is 0 Å². The highest BCUT2D eigenvalue weighted by Gasteiger charge is 2.23. The Balaban J connectivity index is 2.00. The second-order valence-corrected chi connectivity index (χ2v) is 5.07. The van der Waals surface area contributed by atoms with E-state index in [0.717, 1.165) is 0 Å². The molecule has 0 saturated heterocycles. The molecule has 0 radical (unpaired) electrons. The molecule has 3 heterocycles. The summed E-state index contributed by atoms with van der Waals surface area (Å²) >= 11 is 0. The highest BCUT2D eigenvalue weighted by Crippen LogP contribution is 2.15. The SMILES string of the molecule is NC(=O)c1ccc[n+](C(Cn2cnc3c(N)ncnc32)C(=O)[O-])c1. The molecular formula is C14H13N7O3. The van der Waals surface area contributed by atoms with Gasteiger partial charge in [-0.05, 0) is 6.07 Å². The summed E-state index contributed by atoms with van der Waals surface area (Å²) in [5, 5.41) is 11.6. The predicted molar refractivity (Wildman–Crippen MR) is 78.9 cm³/mol. The number of pyridine rings is 1. The van der Waals surface area contributed by atoms with Crippen LogP contribution < -0.4 is 21.1 Å². The van der Waals surface area contributed by atoms with E-state index in [0.29, 0.717) is 11.2 Å². The van der Waals surface area contributed by atoms with Crippen LogP contribution in [0.2, 0.25) is 0 Å². The smallest absolute Gasteiger partial charge is 0.254 e. The molecule has 1 atom stereocenters. The maximum atomic E-state index is 11.6. The van der Waals surface area contributed by atoms with Crippen molar-refractivity contribution in [3.05, 3.63) is 42.7 Å². The topological polar surface area (TPSA) is 157 Å². The number of aliphatic carboxylic acids is 1. The monoisotopic (exact) mass is 327 g/mol. The Bertz CT molecular complexity index is 937. The van der Waals surface area contributed by atoms with Crippen LogP contribution in [0.25, 0.3) is 11.2 Å². The lowest BCUT2D eigenvalue weighted by molar-refractivity contribution is -0.717. The number of nitrogens with zero attached hydrogens (tertiary/aromatic N) is 5. The quantitative estimate of drug-likeness (QED) is 0.503. The van der Waals surface area contributed by atoms with Crippen LogP contribution >= 0.6 is 0 Å². The van der Waals surface area contributed by atoms with Crippen LogP contribution in [0, 0.1) is 0 Å². The Labute approximate surface area is 135 Å². The molecule has 10 nitrogen and oxygen atoms in total. The lowest BCUT2D eigenvalue weighted by atomic mass is 10.2. The molecule has 3 rings (SSSR count). The standard InChI is InChI=1S/C14H13N7O3/c15-11-10-13(18-6-17-11)21(7-19-10)5-9(14(23)24)20-3-1-2-8(4-20)12(16)22/h1-4,6-7,9H,5H2,(H4-,15,16,17,18,22,23,24). The number of primary amides is 1. The van der Waals surface area contributed by atoms with Gasteiger partial charge in [0.25, 0.3) is 5.91 Å². The molecule has 0 saturated carbocycles. The van der Waals surface area contributed by atoms with Crippen molar-refractivity contribution in [2.24, 2.45) is 5.73 Å². The van der Waals surface area contributed by atoms with E-state index < -0.39 is 17.9 Å². The maximum Gasteiger partial charge on any atom is 0.254 e. The number of carboxylic acids is 1. The van der Waals surface area contributed by atoms with Gasteiger partial charge in [-0.2, -0.15) is 4.57 Å². The van der Waals surface area contributed by atoms with E-state index in [4.69, 9.17) is 11.5 Å². The van der Waals surface area contributed by atoms with Crippen molar-refractivity contribution in [1.82, 2.24) is 19.5 Å². The molecule has 0 spiro atoms. The summed E-state index contributed by atoms with van der Waals surface area (Å²) < 4.78 is 2.86. The minimum Gasteiger partial charge on any atom is -0.543 e. The third-order valence-corrected chi connectivity index (χ3v) is 3.54. The number of anilines is 1. The average Bonchev–Trinajstić information content (AvgIpc) is 2.97. The maximum absolute atomic E-state index is 11.6. The number of carbonyl (C=O) groups excluding carboxylic acids is 2. The van der Waals surface area contributed by atoms with E-state index in [1.54, 1.807) is 0 Å². The fourth-order valence-electron chi connectivity index (χ4n) is 2.34. The number of carboxylic acid groups (broad SMARTS) is 1. The number of nitrogens with two attached hydrogens (primary N) is 2. The Kier molecular flexibility index (Phi) is 3.78. The second-order valence-electron chi connectivity index (χ2n) is 5.07. The number of fused-ring (bicyclic) bond motifs is 1. The van der Waals surface area contributed by atoms with Gasteiger partial charge in [0.05, 0.1) is 12.9 Å². The highest BCUT2D eigenvalue weighted by atomic mass is 16.4. The van der Waals surface area contributed by atoms with Gasteiger partial charge in [0.2, 0.25) is 6.04 Å². The zero-order chi connectivity index (χ0) is 17.3. The van der Waals surface area contributed by atoms with Crippen LogP contribution in [0.4, 0.5) is 5.82 Å². The summed E-state index contributed by atoms with van der Waals surface area (Å²) in [6.07, 6.45) is 5.55. The number of rotatable bonds is 5. The molecule has 1 amide bonds. The van der Waals surface area contributed by atoms with E-state index in [1.807, 2.05) is 0 Å². The average molecular weight is 327 g/mol. The number of imidazole rings is 1. The van der Waals surface area contributed by atoms with Gasteiger partial charge in [0, 0.05) is 6.07 Å².